The van der Waals surface area contributed by atoms with E-state index < -0.39 is 0 Å². The van der Waals surface area contributed by atoms with Crippen molar-refractivity contribution < 1.29 is 9.53 Å². The maximum Gasteiger partial charge on any atom is 0.348 e. The minimum Gasteiger partial charge on any atom is -0.465 e. The second-order valence-corrected chi connectivity index (χ2v) is 6.86. The van der Waals surface area contributed by atoms with Gasteiger partial charge in [-0.25, -0.2) is 14.8 Å². The molecule has 0 spiro atoms. The summed E-state index contributed by atoms with van der Waals surface area (Å²) in [5, 5.41) is 0.960. The maximum atomic E-state index is 12.0. The standard InChI is InChI=1S/C18H17N3O2S/c1-11-14-16(19-10-20-17(14)24-15(11)18(22)23-2)21-8-7-12-5-3-4-6-13(12)9-21/h3-6,10H,7-9H2,1-2H3. The van der Waals surface area contributed by atoms with E-state index in [9.17, 15) is 4.79 Å². The number of methoxy groups -OCH3 is 1. The van der Waals surface area contributed by atoms with Crippen LogP contribution < -0.4 is 4.90 Å². The predicted molar refractivity (Wildman–Crippen MR) is 94.7 cm³/mol. The van der Waals surface area contributed by atoms with Gasteiger partial charge in [-0.05, 0) is 30.0 Å². The molecular weight excluding hydrogens is 322 g/mol. The molecule has 2 aromatic heterocycles. The van der Waals surface area contributed by atoms with Gasteiger partial charge in [0.1, 0.15) is 21.9 Å². The highest BCUT2D eigenvalue weighted by Crippen LogP contribution is 2.36. The topological polar surface area (TPSA) is 55.3 Å². The molecule has 5 nitrogen and oxygen atoms in total. The first-order chi connectivity index (χ1) is 11.7. The van der Waals surface area contributed by atoms with E-state index in [-0.39, 0.29) is 5.97 Å². The molecular formula is C18H17N3O2S. The van der Waals surface area contributed by atoms with Crippen LogP contribution in [0, 0.1) is 6.92 Å². The van der Waals surface area contributed by atoms with Crippen molar-refractivity contribution in [3.05, 3.63) is 52.2 Å². The zero-order valence-corrected chi connectivity index (χ0v) is 14.4. The Morgan fingerprint density at radius 3 is 2.83 bits per heavy atom. The number of aromatic nitrogens is 2. The first-order valence-corrected chi connectivity index (χ1v) is 8.65. The summed E-state index contributed by atoms with van der Waals surface area (Å²) in [6.07, 6.45) is 2.57. The van der Waals surface area contributed by atoms with Crippen molar-refractivity contribution in [3.63, 3.8) is 0 Å². The molecule has 24 heavy (non-hydrogen) atoms. The lowest BCUT2D eigenvalue weighted by Crippen LogP contribution is -2.31. The summed E-state index contributed by atoms with van der Waals surface area (Å²) in [7, 11) is 1.40. The highest BCUT2D eigenvalue weighted by atomic mass is 32.1. The number of anilines is 1. The lowest BCUT2D eigenvalue weighted by atomic mass is 9.99. The van der Waals surface area contributed by atoms with Gasteiger partial charge in [-0.3, -0.25) is 0 Å². The van der Waals surface area contributed by atoms with Crippen LogP contribution in [0.25, 0.3) is 10.2 Å². The normalized spacial score (nSPS) is 13.8. The SMILES string of the molecule is COC(=O)c1sc2ncnc(N3CCc4ccccc4C3)c2c1C. The number of nitrogens with zero attached hydrogens (tertiary/aromatic N) is 3. The Labute approximate surface area is 143 Å². The average Bonchev–Trinajstić information content (AvgIpc) is 2.97. The molecule has 0 bridgehead atoms. The molecule has 0 N–H and O–H groups in total. The Kier molecular flexibility index (Phi) is 3.69. The first-order valence-electron chi connectivity index (χ1n) is 7.83. The highest BCUT2D eigenvalue weighted by Gasteiger charge is 2.24. The summed E-state index contributed by atoms with van der Waals surface area (Å²) in [4.78, 5) is 24.6. The van der Waals surface area contributed by atoms with E-state index in [1.807, 2.05) is 6.92 Å². The molecule has 0 amide bonds. The lowest BCUT2D eigenvalue weighted by Gasteiger charge is -2.30. The molecule has 122 valence electrons. The molecule has 0 saturated heterocycles. The monoisotopic (exact) mass is 339 g/mol. The van der Waals surface area contributed by atoms with E-state index in [4.69, 9.17) is 4.74 Å². The Bertz CT molecular complexity index is 935. The summed E-state index contributed by atoms with van der Waals surface area (Å²) in [5.74, 6) is 0.587. The van der Waals surface area contributed by atoms with E-state index in [1.165, 1.54) is 29.6 Å². The van der Waals surface area contributed by atoms with Gasteiger partial charge < -0.3 is 9.64 Å². The quantitative estimate of drug-likeness (QED) is 0.670. The fraction of sp³-hybridized carbons (Fsp3) is 0.278. The van der Waals surface area contributed by atoms with Crippen LogP contribution in [0.1, 0.15) is 26.4 Å². The van der Waals surface area contributed by atoms with Gasteiger partial charge in [0.2, 0.25) is 0 Å². The molecule has 0 radical (unpaired) electrons. The molecule has 0 saturated carbocycles. The van der Waals surface area contributed by atoms with Crippen molar-refractivity contribution in [2.45, 2.75) is 19.9 Å². The van der Waals surface area contributed by atoms with E-state index in [2.05, 4.69) is 39.1 Å². The van der Waals surface area contributed by atoms with Crippen LogP contribution >= 0.6 is 11.3 Å². The maximum absolute atomic E-state index is 12.0. The third-order valence-corrected chi connectivity index (χ3v) is 5.69. The number of thiophene rings is 1. The average molecular weight is 339 g/mol. The van der Waals surface area contributed by atoms with Gasteiger partial charge in [-0.1, -0.05) is 24.3 Å². The van der Waals surface area contributed by atoms with Gasteiger partial charge in [0.05, 0.1) is 12.5 Å². The van der Waals surface area contributed by atoms with Crippen LogP contribution in [0.5, 0.6) is 0 Å². The molecule has 6 heteroatoms. The number of aryl methyl sites for hydroxylation is 1. The van der Waals surface area contributed by atoms with Crippen LogP contribution in [-0.4, -0.2) is 29.6 Å². The Morgan fingerprint density at radius 2 is 2.04 bits per heavy atom. The molecule has 3 heterocycles. The number of carbonyl (C=O) groups is 1. The zero-order valence-electron chi connectivity index (χ0n) is 13.6. The summed E-state index contributed by atoms with van der Waals surface area (Å²) >= 11 is 1.37. The number of benzene rings is 1. The second kappa shape index (κ2) is 5.87. The van der Waals surface area contributed by atoms with Gasteiger partial charge in [-0.15, -0.1) is 11.3 Å². The van der Waals surface area contributed by atoms with Gasteiger partial charge >= 0.3 is 5.97 Å². The van der Waals surface area contributed by atoms with Gasteiger partial charge in [0.15, 0.2) is 0 Å². The molecule has 0 unspecified atom stereocenters. The molecule has 1 aliphatic heterocycles. The molecule has 1 aliphatic rings. The fourth-order valence-electron chi connectivity index (χ4n) is 3.26. The number of rotatable bonds is 2. The van der Waals surface area contributed by atoms with E-state index in [1.54, 1.807) is 6.33 Å². The Morgan fingerprint density at radius 1 is 1.25 bits per heavy atom. The van der Waals surface area contributed by atoms with Crippen molar-refractivity contribution in [1.82, 2.24) is 9.97 Å². The first kappa shape index (κ1) is 15.1. The second-order valence-electron chi connectivity index (χ2n) is 5.87. The molecule has 0 aliphatic carbocycles. The van der Waals surface area contributed by atoms with Gasteiger partial charge in [-0.2, -0.15) is 0 Å². The number of fused-ring (bicyclic) bond motifs is 2. The Balaban J connectivity index is 1.80. The third kappa shape index (κ3) is 2.34. The predicted octanol–water partition coefficient (Wildman–Crippen LogP) is 3.35. The highest BCUT2D eigenvalue weighted by molar-refractivity contribution is 7.20. The van der Waals surface area contributed by atoms with Gasteiger partial charge in [0, 0.05) is 13.1 Å². The van der Waals surface area contributed by atoms with Crippen molar-refractivity contribution in [1.29, 1.82) is 0 Å². The summed E-state index contributed by atoms with van der Waals surface area (Å²) in [5.41, 5.74) is 3.63. The van der Waals surface area contributed by atoms with Crippen molar-refractivity contribution in [3.8, 4) is 0 Å². The zero-order chi connectivity index (χ0) is 16.7. The molecule has 0 fully saturated rings. The van der Waals surface area contributed by atoms with Crippen LogP contribution in [0.4, 0.5) is 5.82 Å². The molecule has 4 rings (SSSR count). The van der Waals surface area contributed by atoms with Crippen molar-refractivity contribution in [2.24, 2.45) is 0 Å². The van der Waals surface area contributed by atoms with Crippen molar-refractivity contribution >= 4 is 33.3 Å². The third-order valence-electron chi connectivity index (χ3n) is 4.51. The number of hydrogen-bond donors (Lipinski definition) is 0. The van der Waals surface area contributed by atoms with Crippen LogP contribution in [-0.2, 0) is 17.7 Å². The largest absolute Gasteiger partial charge is 0.465 e. The van der Waals surface area contributed by atoms with Crippen LogP contribution in [0.15, 0.2) is 30.6 Å². The van der Waals surface area contributed by atoms with Crippen LogP contribution in [0.3, 0.4) is 0 Å². The van der Waals surface area contributed by atoms with E-state index in [0.29, 0.717) is 4.88 Å². The Hall–Kier alpha value is -2.47. The molecule has 0 atom stereocenters. The summed E-state index contributed by atoms with van der Waals surface area (Å²) < 4.78 is 4.89. The summed E-state index contributed by atoms with van der Waals surface area (Å²) in [6, 6.07) is 8.51. The number of ether oxygens (including phenoxy) is 1. The molecule has 1 aromatic carbocycles. The van der Waals surface area contributed by atoms with E-state index >= 15 is 0 Å². The number of esters is 1. The smallest absolute Gasteiger partial charge is 0.348 e. The summed E-state index contributed by atoms with van der Waals surface area (Å²) in [6.45, 7) is 3.67. The number of hydrogen-bond acceptors (Lipinski definition) is 6. The van der Waals surface area contributed by atoms with Crippen molar-refractivity contribution in [2.75, 3.05) is 18.6 Å². The minimum absolute atomic E-state index is 0.314. The fourth-order valence-corrected chi connectivity index (χ4v) is 4.32. The van der Waals surface area contributed by atoms with E-state index in [0.717, 1.165) is 41.1 Å². The molecule has 3 aromatic rings. The van der Waals surface area contributed by atoms with Crippen LogP contribution in [0.2, 0.25) is 0 Å². The number of carbonyl (C=O) groups excluding carboxylic acids is 1. The lowest BCUT2D eigenvalue weighted by molar-refractivity contribution is 0.0605. The van der Waals surface area contributed by atoms with Gasteiger partial charge in [0.25, 0.3) is 0 Å². The minimum atomic E-state index is -0.314.